The van der Waals surface area contributed by atoms with Gasteiger partial charge in [0.15, 0.2) is 0 Å². The molecular weight excluding hydrogens is 416 g/mol. The fraction of sp³-hybridized carbons (Fsp3) is 0.474. The predicted molar refractivity (Wildman–Crippen MR) is 109 cm³/mol. The summed E-state index contributed by atoms with van der Waals surface area (Å²) in [5, 5.41) is 20.9. The van der Waals surface area contributed by atoms with Crippen LogP contribution in [0.1, 0.15) is 47.9 Å². The summed E-state index contributed by atoms with van der Waals surface area (Å²) in [5.74, 6) is -3.27. The maximum atomic E-state index is 12.9. The number of nitrogens with zero attached hydrogens (tertiary/aromatic N) is 1. The van der Waals surface area contributed by atoms with Gasteiger partial charge in [-0.3, -0.25) is 9.69 Å². The van der Waals surface area contributed by atoms with E-state index >= 15 is 0 Å². The maximum absolute atomic E-state index is 12.9. The zero-order valence-electron chi connectivity index (χ0n) is 17.0. The van der Waals surface area contributed by atoms with E-state index in [2.05, 4.69) is 5.32 Å². The summed E-state index contributed by atoms with van der Waals surface area (Å²) in [6, 6.07) is 2.36. The number of amides is 2. The lowest BCUT2D eigenvalue weighted by atomic mass is 10.1. The predicted octanol–water partition coefficient (Wildman–Crippen LogP) is 2.69. The molecule has 0 spiro atoms. The van der Waals surface area contributed by atoms with Crippen molar-refractivity contribution in [3.63, 3.8) is 0 Å². The topological polar surface area (TPSA) is 142 Å². The molecule has 0 saturated carbocycles. The molecule has 0 bridgehead atoms. The highest BCUT2D eigenvalue weighted by Gasteiger charge is 2.42. The van der Waals surface area contributed by atoms with E-state index in [9.17, 15) is 29.4 Å². The number of carbonyl (C=O) groups excluding carboxylic acids is 2. The molecule has 1 fully saturated rings. The summed E-state index contributed by atoms with van der Waals surface area (Å²) in [5.41, 5.74) is -1.34. The molecule has 1 aromatic carbocycles. The third-order valence-corrected chi connectivity index (χ3v) is 4.58. The minimum Gasteiger partial charge on any atom is -0.478 e. The molecule has 3 N–H and O–H groups in total. The first-order chi connectivity index (χ1) is 13.9. The molecule has 2 rings (SSSR count). The van der Waals surface area contributed by atoms with Crippen LogP contribution in [-0.4, -0.2) is 69.6 Å². The number of aromatic carboxylic acids is 2. The molecule has 1 aliphatic heterocycles. The second-order valence-corrected chi connectivity index (χ2v) is 8.19. The first-order valence-corrected chi connectivity index (χ1v) is 10.2. The van der Waals surface area contributed by atoms with Gasteiger partial charge in [0.05, 0.1) is 23.8 Å². The van der Waals surface area contributed by atoms with E-state index in [0.717, 1.165) is 30.2 Å². The van der Waals surface area contributed by atoms with Crippen LogP contribution in [-0.2, 0) is 13.7 Å². The van der Waals surface area contributed by atoms with Gasteiger partial charge in [-0.15, -0.1) is 0 Å². The van der Waals surface area contributed by atoms with Crippen molar-refractivity contribution in [2.75, 3.05) is 18.1 Å². The van der Waals surface area contributed by atoms with Gasteiger partial charge < -0.3 is 24.4 Å². The Morgan fingerprint density at radius 1 is 1.10 bits per heavy atom. The molecule has 10 nitrogen and oxygen atoms in total. The normalized spacial score (nSPS) is 18.7. The van der Waals surface area contributed by atoms with E-state index < -0.39 is 41.7 Å². The molecule has 0 aromatic heterocycles. The van der Waals surface area contributed by atoms with Crippen molar-refractivity contribution in [2.24, 2.45) is 0 Å². The Kier molecular flexibility index (Phi) is 7.32. The molecule has 0 unspecified atom stereocenters. The summed E-state index contributed by atoms with van der Waals surface area (Å²) in [7, 11) is 0. The molecule has 2 amide bonds. The van der Waals surface area contributed by atoms with Crippen molar-refractivity contribution in [1.82, 2.24) is 4.90 Å². The van der Waals surface area contributed by atoms with Gasteiger partial charge in [0, 0.05) is 18.4 Å². The summed E-state index contributed by atoms with van der Waals surface area (Å²) >= 11 is 1.11. The Morgan fingerprint density at radius 3 is 2.13 bits per heavy atom. The number of hydrogen-bond acceptors (Lipinski definition) is 7. The molecule has 0 aliphatic carbocycles. The van der Waals surface area contributed by atoms with Crippen LogP contribution in [0, 0.1) is 0 Å². The first-order valence-electron chi connectivity index (χ1n) is 9.03. The highest BCUT2D eigenvalue weighted by Crippen LogP contribution is 2.27. The van der Waals surface area contributed by atoms with Gasteiger partial charge in [0.25, 0.3) is 0 Å². The summed E-state index contributed by atoms with van der Waals surface area (Å²) < 4.78 is 10.8. The van der Waals surface area contributed by atoms with Gasteiger partial charge in [-0.05, 0) is 51.0 Å². The van der Waals surface area contributed by atoms with Crippen LogP contribution in [0.5, 0.6) is 0 Å². The molecule has 11 heteroatoms. The van der Waals surface area contributed by atoms with Crippen LogP contribution in [0.3, 0.4) is 0 Å². The number of hydrogen-bond donors (Lipinski definition) is 3. The second kappa shape index (κ2) is 9.35. The van der Waals surface area contributed by atoms with Crippen molar-refractivity contribution in [1.29, 1.82) is 0 Å². The molecule has 2 atom stereocenters. The summed E-state index contributed by atoms with van der Waals surface area (Å²) in [6.45, 7) is 5.26. The summed E-state index contributed by atoms with van der Waals surface area (Å²) in [6.07, 6.45) is 0.843. The first kappa shape index (κ1) is 23.5. The van der Waals surface area contributed by atoms with E-state index in [-0.39, 0.29) is 29.8 Å². The van der Waals surface area contributed by atoms with Gasteiger partial charge in [-0.25, -0.2) is 14.4 Å². The van der Waals surface area contributed by atoms with E-state index in [1.807, 2.05) is 0 Å². The minimum absolute atomic E-state index is 0.00401. The van der Waals surface area contributed by atoms with Gasteiger partial charge in [0.1, 0.15) is 11.6 Å². The average Bonchev–Trinajstić information content (AvgIpc) is 3.04. The van der Waals surface area contributed by atoms with Crippen LogP contribution in [0.15, 0.2) is 18.2 Å². The van der Waals surface area contributed by atoms with Crippen LogP contribution >= 0.6 is 12.0 Å². The Morgan fingerprint density at radius 2 is 1.67 bits per heavy atom. The highest BCUT2D eigenvalue weighted by molar-refractivity contribution is 7.93. The van der Waals surface area contributed by atoms with Crippen LogP contribution in [0.4, 0.5) is 10.5 Å². The number of likely N-dealkylation sites (tertiary alicyclic amines) is 1. The number of benzene rings is 1. The Bertz CT molecular complexity index is 819. The number of carbonyl (C=O) groups is 4. The van der Waals surface area contributed by atoms with E-state index in [0.29, 0.717) is 0 Å². The summed E-state index contributed by atoms with van der Waals surface area (Å²) in [4.78, 5) is 49.2. The Hall–Kier alpha value is -2.79. The molecular formula is C19H24N2O8S. The third-order valence-electron chi connectivity index (χ3n) is 4.12. The standard InChI is InChI=1S/C19H24N2O8S/c1-19(2,3)28-18(27)21-9-13(29-30-4)8-14(21)15(22)20-12-6-10(16(23)24)5-11(7-12)17(25)26/h5-7,13-14H,8-9H2,1-4H3,(H,20,22)(H,23,24)(H,25,26)/t13-,14-/m0/s1. The van der Waals surface area contributed by atoms with Crippen molar-refractivity contribution in [3.05, 3.63) is 29.3 Å². The Balaban J connectivity index is 2.27. The third kappa shape index (κ3) is 6.10. The molecule has 1 saturated heterocycles. The largest absolute Gasteiger partial charge is 0.478 e. The fourth-order valence-corrected chi connectivity index (χ4v) is 3.36. The van der Waals surface area contributed by atoms with Crippen molar-refractivity contribution in [3.8, 4) is 0 Å². The number of carboxylic acid groups (broad SMARTS) is 2. The number of nitrogens with one attached hydrogen (secondary N) is 1. The average molecular weight is 440 g/mol. The molecule has 1 aromatic rings. The zero-order valence-corrected chi connectivity index (χ0v) is 17.8. The Labute approximate surface area is 177 Å². The van der Waals surface area contributed by atoms with Gasteiger partial charge in [-0.2, -0.15) is 0 Å². The molecule has 30 heavy (non-hydrogen) atoms. The SMILES string of the molecule is CSO[C@H]1C[C@@H](C(=O)Nc2cc(C(=O)O)cc(C(=O)O)c2)N(C(=O)OC(C)(C)C)C1. The van der Waals surface area contributed by atoms with Crippen LogP contribution in [0.25, 0.3) is 0 Å². The number of rotatable bonds is 6. The minimum atomic E-state index is -1.33. The van der Waals surface area contributed by atoms with E-state index in [1.54, 1.807) is 27.0 Å². The second-order valence-electron chi connectivity index (χ2n) is 7.67. The van der Waals surface area contributed by atoms with Gasteiger partial charge in [-0.1, -0.05) is 0 Å². The van der Waals surface area contributed by atoms with Crippen LogP contribution < -0.4 is 5.32 Å². The lowest BCUT2D eigenvalue weighted by Gasteiger charge is -2.27. The monoisotopic (exact) mass is 440 g/mol. The maximum Gasteiger partial charge on any atom is 0.411 e. The lowest BCUT2D eigenvalue weighted by molar-refractivity contribution is -0.120. The van der Waals surface area contributed by atoms with E-state index in [4.69, 9.17) is 8.92 Å². The number of anilines is 1. The number of carboxylic acids is 2. The molecule has 1 heterocycles. The van der Waals surface area contributed by atoms with Crippen LogP contribution in [0.2, 0.25) is 0 Å². The lowest BCUT2D eigenvalue weighted by Crippen LogP contribution is -2.45. The molecule has 1 aliphatic rings. The van der Waals surface area contributed by atoms with Gasteiger partial charge in [0.2, 0.25) is 5.91 Å². The van der Waals surface area contributed by atoms with Crippen molar-refractivity contribution in [2.45, 2.75) is 44.9 Å². The smallest absolute Gasteiger partial charge is 0.411 e. The van der Waals surface area contributed by atoms with E-state index in [1.165, 1.54) is 4.90 Å². The zero-order chi connectivity index (χ0) is 22.6. The van der Waals surface area contributed by atoms with Crippen molar-refractivity contribution < 1.29 is 38.3 Å². The van der Waals surface area contributed by atoms with Crippen molar-refractivity contribution >= 4 is 41.7 Å². The van der Waals surface area contributed by atoms with Gasteiger partial charge >= 0.3 is 18.0 Å². The molecule has 164 valence electrons. The fourth-order valence-electron chi connectivity index (χ4n) is 2.95. The molecule has 0 radical (unpaired) electrons. The number of ether oxygens (including phenoxy) is 1. The highest BCUT2D eigenvalue weighted by atomic mass is 32.2. The quantitative estimate of drug-likeness (QED) is 0.569.